The fourth-order valence-corrected chi connectivity index (χ4v) is 4.32. The molecule has 120 valence electrons. The third kappa shape index (κ3) is 3.22. The van der Waals surface area contributed by atoms with E-state index in [0.717, 1.165) is 34.0 Å². The number of nitrogens with zero attached hydrogens (tertiary/aromatic N) is 1. The molecular weight excluding hydrogens is 326 g/mol. The van der Waals surface area contributed by atoms with E-state index in [-0.39, 0.29) is 11.3 Å². The Labute approximate surface area is 146 Å². The van der Waals surface area contributed by atoms with Gasteiger partial charge < -0.3 is 4.90 Å². The molecule has 0 aliphatic heterocycles. The van der Waals surface area contributed by atoms with Gasteiger partial charge in [-0.25, -0.2) is 0 Å². The monoisotopic (exact) mass is 345 g/mol. The van der Waals surface area contributed by atoms with Crippen molar-refractivity contribution in [2.75, 3.05) is 6.54 Å². The summed E-state index contributed by atoms with van der Waals surface area (Å²) in [7, 11) is 0. The van der Waals surface area contributed by atoms with Gasteiger partial charge in [0.05, 0.1) is 16.3 Å². The van der Waals surface area contributed by atoms with E-state index in [4.69, 9.17) is 11.6 Å². The first-order chi connectivity index (χ1) is 11.2. The van der Waals surface area contributed by atoms with Crippen molar-refractivity contribution in [2.45, 2.75) is 31.2 Å². The second-order valence-electron chi connectivity index (χ2n) is 5.98. The first-order valence-corrected chi connectivity index (χ1v) is 9.05. The number of carbonyl (C=O) groups excluding carboxylic acids is 1. The molecule has 4 heteroatoms. The van der Waals surface area contributed by atoms with E-state index in [1.54, 1.807) is 6.08 Å². The summed E-state index contributed by atoms with van der Waals surface area (Å²) in [5, 5.41) is 0. The molecule has 0 unspecified atom stereocenters. The topological polar surface area (TPSA) is 20.3 Å². The summed E-state index contributed by atoms with van der Waals surface area (Å²) in [6, 6.07) is 14.0. The third-order valence-electron chi connectivity index (χ3n) is 4.56. The molecule has 1 fully saturated rings. The molecule has 1 amide bonds. The number of benzene rings is 1. The summed E-state index contributed by atoms with van der Waals surface area (Å²) in [5.74, 6) is 0.208. The molecule has 1 aliphatic carbocycles. The Bertz CT molecular complexity index is 690. The standard InChI is InChI=1S/C19H20ClNOS/c1-2-13-21(14-16-9-10-17(20)23-16)18(22)19(11-6-12-19)15-7-4-3-5-8-15/h2-5,7-10H,1,6,11-14H2. The molecule has 0 saturated heterocycles. The fourth-order valence-electron chi connectivity index (χ4n) is 3.22. The van der Waals surface area contributed by atoms with E-state index in [1.165, 1.54) is 11.3 Å². The third-order valence-corrected chi connectivity index (χ3v) is 5.77. The van der Waals surface area contributed by atoms with Crippen molar-refractivity contribution in [3.63, 3.8) is 0 Å². The van der Waals surface area contributed by atoms with Crippen LogP contribution in [-0.2, 0) is 16.8 Å². The Morgan fingerprint density at radius 3 is 2.52 bits per heavy atom. The molecule has 0 spiro atoms. The molecule has 3 rings (SSSR count). The molecule has 23 heavy (non-hydrogen) atoms. The highest BCUT2D eigenvalue weighted by molar-refractivity contribution is 7.16. The number of hydrogen-bond acceptors (Lipinski definition) is 2. The van der Waals surface area contributed by atoms with Crippen molar-refractivity contribution in [2.24, 2.45) is 0 Å². The number of thiophene rings is 1. The molecule has 1 aromatic carbocycles. The van der Waals surface area contributed by atoms with E-state index in [2.05, 4.69) is 18.7 Å². The van der Waals surface area contributed by atoms with Crippen LogP contribution < -0.4 is 0 Å². The molecule has 1 aromatic heterocycles. The quantitative estimate of drug-likeness (QED) is 0.672. The van der Waals surface area contributed by atoms with Crippen LogP contribution in [0.1, 0.15) is 29.7 Å². The Morgan fingerprint density at radius 2 is 2.00 bits per heavy atom. The van der Waals surface area contributed by atoms with Gasteiger partial charge in [0.2, 0.25) is 5.91 Å². The van der Waals surface area contributed by atoms with E-state index < -0.39 is 0 Å². The van der Waals surface area contributed by atoms with Gasteiger partial charge in [0.25, 0.3) is 0 Å². The summed E-state index contributed by atoms with van der Waals surface area (Å²) in [4.78, 5) is 16.3. The highest BCUT2D eigenvalue weighted by atomic mass is 35.5. The highest BCUT2D eigenvalue weighted by Gasteiger charge is 2.47. The van der Waals surface area contributed by atoms with Crippen LogP contribution in [0.25, 0.3) is 0 Å². The van der Waals surface area contributed by atoms with Crippen molar-refractivity contribution in [3.05, 3.63) is 69.9 Å². The Kier molecular flexibility index (Phi) is 4.88. The Balaban J connectivity index is 1.86. The molecule has 0 N–H and O–H groups in total. The maximum atomic E-state index is 13.3. The first kappa shape index (κ1) is 16.3. The fraction of sp³-hybridized carbons (Fsp3) is 0.316. The van der Waals surface area contributed by atoms with Gasteiger partial charge in [-0.15, -0.1) is 17.9 Å². The number of halogens is 1. The molecular formula is C19H20ClNOS. The molecule has 0 atom stereocenters. The van der Waals surface area contributed by atoms with Crippen LogP contribution in [0, 0.1) is 0 Å². The summed E-state index contributed by atoms with van der Waals surface area (Å²) in [6.45, 7) is 4.96. The van der Waals surface area contributed by atoms with Crippen LogP contribution in [0.2, 0.25) is 4.34 Å². The van der Waals surface area contributed by atoms with Crippen LogP contribution in [0.4, 0.5) is 0 Å². The van der Waals surface area contributed by atoms with E-state index in [0.29, 0.717) is 13.1 Å². The molecule has 1 saturated carbocycles. The average Bonchev–Trinajstić information content (AvgIpc) is 2.92. The number of amides is 1. The van der Waals surface area contributed by atoms with Crippen LogP contribution in [-0.4, -0.2) is 17.4 Å². The zero-order valence-electron chi connectivity index (χ0n) is 13.0. The van der Waals surface area contributed by atoms with Gasteiger partial charge in [-0.1, -0.05) is 54.4 Å². The lowest BCUT2D eigenvalue weighted by Crippen LogP contribution is -2.50. The average molecular weight is 346 g/mol. The predicted octanol–water partition coefficient (Wildman–Crippen LogP) is 5.04. The van der Waals surface area contributed by atoms with E-state index >= 15 is 0 Å². The SMILES string of the molecule is C=CCN(Cc1ccc(Cl)s1)C(=O)C1(c2ccccc2)CCC1. The lowest BCUT2D eigenvalue weighted by molar-refractivity contribution is -0.141. The molecule has 0 radical (unpaired) electrons. The van der Waals surface area contributed by atoms with Gasteiger partial charge in [0, 0.05) is 11.4 Å². The van der Waals surface area contributed by atoms with Gasteiger partial charge in [0.15, 0.2) is 0 Å². The minimum absolute atomic E-state index is 0.208. The summed E-state index contributed by atoms with van der Waals surface area (Å²) >= 11 is 7.55. The minimum Gasteiger partial charge on any atom is -0.333 e. The number of carbonyl (C=O) groups is 1. The molecule has 2 aromatic rings. The smallest absolute Gasteiger partial charge is 0.233 e. The largest absolute Gasteiger partial charge is 0.333 e. The maximum Gasteiger partial charge on any atom is 0.233 e. The summed E-state index contributed by atoms with van der Waals surface area (Å²) in [6.07, 6.45) is 4.75. The van der Waals surface area contributed by atoms with Gasteiger partial charge in [-0.05, 0) is 30.5 Å². The van der Waals surface area contributed by atoms with Gasteiger partial charge >= 0.3 is 0 Å². The lowest BCUT2D eigenvalue weighted by Gasteiger charge is -2.43. The van der Waals surface area contributed by atoms with Crippen molar-refractivity contribution in [1.82, 2.24) is 4.90 Å². The number of hydrogen-bond donors (Lipinski definition) is 0. The number of rotatable bonds is 6. The lowest BCUT2D eigenvalue weighted by atomic mass is 9.63. The van der Waals surface area contributed by atoms with Crippen molar-refractivity contribution >= 4 is 28.8 Å². The van der Waals surface area contributed by atoms with Crippen molar-refractivity contribution < 1.29 is 4.79 Å². The second-order valence-corrected chi connectivity index (χ2v) is 7.78. The first-order valence-electron chi connectivity index (χ1n) is 7.86. The Morgan fingerprint density at radius 1 is 1.26 bits per heavy atom. The summed E-state index contributed by atoms with van der Waals surface area (Å²) < 4.78 is 0.757. The van der Waals surface area contributed by atoms with Gasteiger partial charge in [0.1, 0.15) is 0 Å². The molecule has 2 nitrogen and oxygen atoms in total. The van der Waals surface area contributed by atoms with Gasteiger partial charge in [-0.2, -0.15) is 0 Å². The highest BCUT2D eigenvalue weighted by Crippen LogP contribution is 2.45. The predicted molar refractivity (Wildman–Crippen MR) is 96.9 cm³/mol. The van der Waals surface area contributed by atoms with Crippen LogP contribution >= 0.6 is 22.9 Å². The van der Waals surface area contributed by atoms with Crippen LogP contribution in [0.5, 0.6) is 0 Å². The molecule has 1 aliphatic rings. The van der Waals surface area contributed by atoms with Gasteiger partial charge in [-0.3, -0.25) is 4.79 Å². The van der Waals surface area contributed by atoms with Crippen molar-refractivity contribution in [3.8, 4) is 0 Å². The summed E-state index contributed by atoms with van der Waals surface area (Å²) in [5.41, 5.74) is 0.778. The normalized spacial score (nSPS) is 15.7. The molecule has 0 bridgehead atoms. The minimum atomic E-state index is -0.356. The second kappa shape index (κ2) is 6.90. The zero-order chi connectivity index (χ0) is 16.3. The Hall–Kier alpha value is -1.58. The zero-order valence-corrected chi connectivity index (χ0v) is 14.6. The maximum absolute atomic E-state index is 13.3. The van der Waals surface area contributed by atoms with Crippen LogP contribution in [0.15, 0.2) is 55.1 Å². The van der Waals surface area contributed by atoms with Crippen molar-refractivity contribution in [1.29, 1.82) is 0 Å². The van der Waals surface area contributed by atoms with E-state index in [1.807, 2.05) is 35.2 Å². The van der Waals surface area contributed by atoms with Crippen LogP contribution in [0.3, 0.4) is 0 Å². The van der Waals surface area contributed by atoms with E-state index in [9.17, 15) is 4.79 Å². The molecule has 1 heterocycles.